The molecule has 0 aromatic rings. The summed E-state index contributed by atoms with van der Waals surface area (Å²) in [5, 5.41) is 17.8. The van der Waals surface area contributed by atoms with Crippen molar-refractivity contribution in [3.8, 4) is 0 Å². The monoisotopic (exact) mass is 267 g/mol. The standard InChI is InChI=1S/C11H19F2NO4/c1-7(2)18-9-3-4-14(6-11(9,12)13)10(17)8(16)5-15/h7-9,15-16H,3-6H2,1-2H3/t8-,9?/m1/s1. The van der Waals surface area contributed by atoms with E-state index in [0.717, 1.165) is 4.90 Å². The molecule has 1 fully saturated rings. The smallest absolute Gasteiger partial charge is 0.290 e. The predicted octanol–water partition coefficient (Wildman–Crippen LogP) is 0.000800. The molecule has 1 aliphatic heterocycles. The quantitative estimate of drug-likeness (QED) is 0.752. The molecule has 1 rings (SSSR count). The number of hydrogen-bond donors (Lipinski definition) is 2. The van der Waals surface area contributed by atoms with Gasteiger partial charge < -0.3 is 19.8 Å². The van der Waals surface area contributed by atoms with Gasteiger partial charge in [0.2, 0.25) is 0 Å². The van der Waals surface area contributed by atoms with E-state index in [1.807, 2.05) is 0 Å². The Morgan fingerprint density at radius 3 is 2.61 bits per heavy atom. The first kappa shape index (κ1) is 15.3. The Morgan fingerprint density at radius 2 is 2.17 bits per heavy atom. The van der Waals surface area contributed by atoms with Gasteiger partial charge in [0.05, 0.1) is 19.3 Å². The number of nitrogens with zero attached hydrogens (tertiary/aromatic N) is 1. The highest BCUT2D eigenvalue weighted by molar-refractivity contribution is 5.81. The third kappa shape index (κ3) is 3.60. The lowest BCUT2D eigenvalue weighted by Crippen LogP contribution is -2.56. The topological polar surface area (TPSA) is 70.0 Å². The maximum absolute atomic E-state index is 13.7. The maximum Gasteiger partial charge on any atom is 0.290 e. The summed E-state index contributed by atoms with van der Waals surface area (Å²) in [5.74, 6) is -4.02. The van der Waals surface area contributed by atoms with Crippen molar-refractivity contribution in [2.24, 2.45) is 0 Å². The number of ether oxygens (including phenoxy) is 1. The highest BCUT2D eigenvalue weighted by atomic mass is 19.3. The fourth-order valence-corrected chi connectivity index (χ4v) is 1.89. The van der Waals surface area contributed by atoms with Crippen LogP contribution in [0.2, 0.25) is 0 Å². The number of amides is 1. The molecule has 0 aliphatic carbocycles. The van der Waals surface area contributed by atoms with Crippen molar-refractivity contribution >= 4 is 5.91 Å². The summed E-state index contributed by atoms with van der Waals surface area (Å²) in [6.45, 7) is 1.86. The highest BCUT2D eigenvalue weighted by Gasteiger charge is 2.47. The first-order valence-corrected chi connectivity index (χ1v) is 5.89. The van der Waals surface area contributed by atoms with Gasteiger partial charge in [-0.25, -0.2) is 8.78 Å². The molecule has 0 radical (unpaired) electrons. The van der Waals surface area contributed by atoms with Crippen molar-refractivity contribution in [2.75, 3.05) is 19.7 Å². The van der Waals surface area contributed by atoms with Gasteiger partial charge >= 0.3 is 0 Å². The molecule has 18 heavy (non-hydrogen) atoms. The van der Waals surface area contributed by atoms with Crippen LogP contribution in [0.4, 0.5) is 8.78 Å². The van der Waals surface area contributed by atoms with Gasteiger partial charge in [0.1, 0.15) is 6.10 Å². The van der Waals surface area contributed by atoms with Gasteiger partial charge in [0.15, 0.2) is 6.10 Å². The maximum atomic E-state index is 13.7. The van der Waals surface area contributed by atoms with Crippen LogP contribution in [0, 0.1) is 0 Å². The van der Waals surface area contributed by atoms with E-state index in [1.54, 1.807) is 13.8 Å². The number of halogens is 2. The van der Waals surface area contributed by atoms with Crippen molar-refractivity contribution in [2.45, 2.75) is 44.5 Å². The van der Waals surface area contributed by atoms with Crippen LogP contribution in [0.1, 0.15) is 20.3 Å². The summed E-state index contributed by atoms with van der Waals surface area (Å²) in [4.78, 5) is 12.3. The summed E-state index contributed by atoms with van der Waals surface area (Å²) in [6, 6.07) is 0. The molecule has 2 N–H and O–H groups in total. The number of aliphatic hydroxyl groups is 2. The molecule has 2 atom stereocenters. The van der Waals surface area contributed by atoms with Gasteiger partial charge in [0, 0.05) is 6.54 Å². The Balaban J connectivity index is 2.65. The summed E-state index contributed by atoms with van der Waals surface area (Å²) in [5.41, 5.74) is 0. The van der Waals surface area contributed by atoms with E-state index in [2.05, 4.69) is 0 Å². The van der Waals surface area contributed by atoms with Crippen molar-refractivity contribution in [3.05, 3.63) is 0 Å². The van der Waals surface area contributed by atoms with Crippen LogP contribution in [0.5, 0.6) is 0 Å². The van der Waals surface area contributed by atoms with E-state index in [-0.39, 0.29) is 19.1 Å². The molecule has 0 bridgehead atoms. The van der Waals surface area contributed by atoms with E-state index in [1.165, 1.54) is 0 Å². The zero-order valence-corrected chi connectivity index (χ0v) is 10.5. The number of likely N-dealkylation sites (tertiary alicyclic amines) is 1. The second-order valence-electron chi connectivity index (χ2n) is 4.68. The Bertz CT molecular complexity index is 299. The Hall–Kier alpha value is -0.790. The molecule has 0 spiro atoms. The zero-order valence-electron chi connectivity index (χ0n) is 10.5. The van der Waals surface area contributed by atoms with Crippen LogP contribution >= 0.6 is 0 Å². The van der Waals surface area contributed by atoms with Gasteiger partial charge in [-0.3, -0.25) is 4.79 Å². The Kier molecular flexibility index (Phi) is 5.01. The molecular formula is C11H19F2NO4. The number of aliphatic hydroxyl groups excluding tert-OH is 2. The number of carbonyl (C=O) groups excluding carboxylic acids is 1. The molecule has 1 saturated heterocycles. The van der Waals surface area contributed by atoms with Crippen LogP contribution in [0.25, 0.3) is 0 Å². The molecule has 0 saturated carbocycles. The lowest BCUT2D eigenvalue weighted by atomic mass is 10.0. The second kappa shape index (κ2) is 5.90. The fourth-order valence-electron chi connectivity index (χ4n) is 1.89. The SMILES string of the molecule is CC(C)OC1CCN(C(=O)[C@H](O)CO)CC1(F)F. The summed E-state index contributed by atoms with van der Waals surface area (Å²) in [7, 11) is 0. The van der Waals surface area contributed by atoms with E-state index in [4.69, 9.17) is 14.9 Å². The first-order chi connectivity index (χ1) is 8.27. The van der Waals surface area contributed by atoms with Crippen molar-refractivity contribution < 1.29 is 28.5 Å². The number of rotatable bonds is 4. The molecule has 0 aromatic heterocycles. The molecule has 7 heteroatoms. The molecule has 1 aliphatic rings. The van der Waals surface area contributed by atoms with Crippen LogP contribution in [-0.4, -0.2) is 65.0 Å². The number of hydrogen-bond acceptors (Lipinski definition) is 4. The number of piperidine rings is 1. The van der Waals surface area contributed by atoms with Gasteiger partial charge in [-0.2, -0.15) is 0 Å². The molecule has 106 valence electrons. The fraction of sp³-hybridized carbons (Fsp3) is 0.909. The van der Waals surface area contributed by atoms with Crippen molar-refractivity contribution in [3.63, 3.8) is 0 Å². The predicted molar refractivity (Wildman–Crippen MR) is 59.2 cm³/mol. The molecule has 1 heterocycles. The highest BCUT2D eigenvalue weighted by Crippen LogP contribution is 2.30. The minimum absolute atomic E-state index is 0.00900. The molecule has 5 nitrogen and oxygen atoms in total. The van der Waals surface area contributed by atoms with Gasteiger partial charge in [-0.05, 0) is 20.3 Å². The summed E-state index contributed by atoms with van der Waals surface area (Å²) >= 11 is 0. The van der Waals surface area contributed by atoms with Gasteiger partial charge in [0.25, 0.3) is 11.8 Å². The van der Waals surface area contributed by atoms with E-state index < -0.39 is 37.2 Å². The first-order valence-electron chi connectivity index (χ1n) is 5.89. The lowest BCUT2D eigenvalue weighted by molar-refractivity contribution is -0.192. The number of alkyl halides is 2. The minimum atomic E-state index is -3.15. The summed E-state index contributed by atoms with van der Waals surface area (Å²) < 4.78 is 32.6. The van der Waals surface area contributed by atoms with Crippen molar-refractivity contribution in [1.29, 1.82) is 0 Å². The van der Waals surface area contributed by atoms with E-state index in [0.29, 0.717) is 0 Å². The normalized spacial score (nSPS) is 25.3. The van der Waals surface area contributed by atoms with Crippen LogP contribution in [-0.2, 0) is 9.53 Å². The Morgan fingerprint density at radius 1 is 1.56 bits per heavy atom. The zero-order chi connectivity index (χ0) is 13.9. The van der Waals surface area contributed by atoms with Crippen LogP contribution < -0.4 is 0 Å². The van der Waals surface area contributed by atoms with Gasteiger partial charge in [-0.15, -0.1) is 0 Å². The lowest BCUT2D eigenvalue weighted by Gasteiger charge is -2.39. The van der Waals surface area contributed by atoms with Crippen molar-refractivity contribution in [1.82, 2.24) is 4.90 Å². The number of carbonyl (C=O) groups is 1. The molecule has 0 aromatic carbocycles. The minimum Gasteiger partial charge on any atom is -0.393 e. The third-order valence-corrected chi connectivity index (χ3v) is 2.74. The van der Waals surface area contributed by atoms with Crippen LogP contribution in [0.15, 0.2) is 0 Å². The van der Waals surface area contributed by atoms with E-state index >= 15 is 0 Å². The molecule has 1 unspecified atom stereocenters. The molecule has 1 amide bonds. The largest absolute Gasteiger partial charge is 0.393 e. The average Bonchev–Trinajstić information content (AvgIpc) is 2.29. The summed E-state index contributed by atoms with van der Waals surface area (Å²) in [6.07, 6.45) is -3.16. The van der Waals surface area contributed by atoms with Gasteiger partial charge in [-0.1, -0.05) is 0 Å². The van der Waals surface area contributed by atoms with Crippen LogP contribution in [0.3, 0.4) is 0 Å². The average molecular weight is 267 g/mol. The Labute approximate surface area is 104 Å². The third-order valence-electron chi connectivity index (χ3n) is 2.74. The molecular weight excluding hydrogens is 248 g/mol. The second-order valence-corrected chi connectivity index (χ2v) is 4.68. The van der Waals surface area contributed by atoms with E-state index in [9.17, 15) is 13.6 Å².